The number of aryl methyl sites for hydroxylation is 2. The highest BCUT2D eigenvalue weighted by molar-refractivity contribution is 9.10. The van der Waals surface area contributed by atoms with Gasteiger partial charge in [-0.2, -0.15) is 0 Å². The standard InChI is InChI=1S/C14H18BrNO4/c1-8-6-11(15)9(2)5-10(8)12(17)16-14(3,7-20-4)13(18)19/h5-6H,7H2,1-4H3,(H,16,17)(H,18,19). The average Bonchev–Trinajstić information content (AvgIpc) is 2.33. The number of nitrogens with one attached hydrogen (secondary N) is 1. The first kappa shape index (κ1) is 16.7. The lowest BCUT2D eigenvalue weighted by Crippen LogP contribution is -2.55. The molecule has 1 aromatic carbocycles. The molecule has 0 aliphatic carbocycles. The predicted molar refractivity (Wildman–Crippen MR) is 79.0 cm³/mol. The summed E-state index contributed by atoms with van der Waals surface area (Å²) in [5, 5.41) is 11.7. The number of aliphatic carboxylic acids is 1. The van der Waals surface area contributed by atoms with E-state index in [0.717, 1.165) is 15.6 Å². The molecule has 0 fully saturated rings. The van der Waals surface area contributed by atoms with E-state index in [4.69, 9.17) is 4.74 Å². The Labute approximate surface area is 126 Å². The number of methoxy groups -OCH3 is 1. The van der Waals surface area contributed by atoms with E-state index in [1.807, 2.05) is 13.0 Å². The van der Waals surface area contributed by atoms with Crippen molar-refractivity contribution >= 4 is 27.8 Å². The lowest BCUT2D eigenvalue weighted by Gasteiger charge is -2.25. The Kier molecular flexibility index (Phi) is 5.30. The van der Waals surface area contributed by atoms with Crippen LogP contribution in [0, 0.1) is 13.8 Å². The Morgan fingerprint density at radius 1 is 1.35 bits per heavy atom. The van der Waals surface area contributed by atoms with Gasteiger partial charge in [0.05, 0.1) is 6.61 Å². The largest absolute Gasteiger partial charge is 0.479 e. The van der Waals surface area contributed by atoms with Crippen LogP contribution in [0.3, 0.4) is 0 Å². The zero-order valence-electron chi connectivity index (χ0n) is 11.9. The lowest BCUT2D eigenvalue weighted by atomic mass is 10.0. The van der Waals surface area contributed by atoms with Crippen LogP contribution >= 0.6 is 15.9 Å². The van der Waals surface area contributed by atoms with Gasteiger partial charge >= 0.3 is 5.97 Å². The van der Waals surface area contributed by atoms with Gasteiger partial charge in [0.25, 0.3) is 5.91 Å². The zero-order valence-corrected chi connectivity index (χ0v) is 13.5. The fourth-order valence-corrected chi connectivity index (χ4v) is 2.24. The van der Waals surface area contributed by atoms with E-state index in [0.29, 0.717) is 5.56 Å². The molecule has 0 saturated carbocycles. The molecule has 5 nitrogen and oxygen atoms in total. The first-order valence-corrected chi connectivity index (χ1v) is 6.82. The van der Waals surface area contributed by atoms with E-state index in [1.165, 1.54) is 14.0 Å². The Bertz CT molecular complexity index is 544. The summed E-state index contributed by atoms with van der Waals surface area (Å²) in [4.78, 5) is 23.6. The number of halogens is 1. The SMILES string of the molecule is COCC(C)(NC(=O)c1cc(C)c(Br)cc1C)C(=O)O. The van der Waals surface area contributed by atoms with Crippen molar-refractivity contribution < 1.29 is 19.4 Å². The fraction of sp³-hybridized carbons (Fsp3) is 0.429. The van der Waals surface area contributed by atoms with Crippen LogP contribution in [0.2, 0.25) is 0 Å². The summed E-state index contributed by atoms with van der Waals surface area (Å²) in [6.07, 6.45) is 0. The molecule has 1 rings (SSSR count). The van der Waals surface area contributed by atoms with E-state index in [9.17, 15) is 14.7 Å². The molecule has 110 valence electrons. The monoisotopic (exact) mass is 343 g/mol. The summed E-state index contributed by atoms with van der Waals surface area (Å²) < 4.78 is 5.78. The second-order valence-electron chi connectivity index (χ2n) is 4.94. The smallest absolute Gasteiger partial charge is 0.331 e. The number of benzene rings is 1. The number of amides is 1. The molecule has 2 N–H and O–H groups in total. The van der Waals surface area contributed by atoms with Crippen LogP contribution in [0.25, 0.3) is 0 Å². The van der Waals surface area contributed by atoms with Gasteiger partial charge in [0.2, 0.25) is 0 Å². The van der Waals surface area contributed by atoms with Crippen molar-refractivity contribution in [2.24, 2.45) is 0 Å². The molecule has 6 heteroatoms. The normalized spacial score (nSPS) is 13.7. The van der Waals surface area contributed by atoms with Gasteiger partial charge in [-0.25, -0.2) is 4.79 Å². The fourth-order valence-electron chi connectivity index (χ4n) is 1.78. The minimum absolute atomic E-state index is 0.109. The van der Waals surface area contributed by atoms with Gasteiger partial charge in [0.15, 0.2) is 5.54 Å². The maximum Gasteiger partial charge on any atom is 0.331 e. The van der Waals surface area contributed by atoms with Gasteiger partial charge in [-0.1, -0.05) is 15.9 Å². The second-order valence-corrected chi connectivity index (χ2v) is 5.80. The summed E-state index contributed by atoms with van der Waals surface area (Å²) in [5.41, 5.74) is 0.670. The number of rotatable bonds is 5. The number of carboxylic acids is 1. The predicted octanol–water partition coefficient (Wildman–Crippen LogP) is 2.29. The minimum Gasteiger partial charge on any atom is -0.479 e. The van der Waals surface area contributed by atoms with Gasteiger partial charge in [0, 0.05) is 17.1 Å². The van der Waals surface area contributed by atoms with Crippen molar-refractivity contribution in [3.05, 3.63) is 33.3 Å². The van der Waals surface area contributed by atoms with Crippen molar-refractivity contribution in [3.8, 4) is 0 Å². The number of hydrogen-bond acceptors (Lipinski definition) is 3. The van der Waals surface area contributed by atoms with E-state index < -0.39 is 17.4 Å². The van der Waals surface area contributed by atoms with E-state index >= 15 is 0 Å². The maximum absolute atomic E-state index is 12.3. The summed E-state index contributed by atoms with van der Waals surface area (Å²) >= 11 is 3.39. The summed E-state index contributed by atoms with van der Waals surface area (Å²) in [5.74, 6) is -1.57. The third kappa shape index (κ3) is 3.58. The molecule has 20 heavy (non-hydrogen) atoms. The third-order valence-electron chi connectivity index (χ3n) is 3.04. The number of carbonyl (C=O) groups is 2. The molecule has 0 radical (unpaired) electrons. The molecule has 1 amide bonds. The first-order valence-electron chi connectivity index (χ1n) is 6.03. The van der Waals surface area contributed by atoms with E-state index in [2.05, 4.69) is 21.2 Å². The van der Waals surface area contributed by atoms with Crippen LogP contribution in [0.4, 0.5) is 0 Å². The van der Waals surface area contributed by atoms with Gasteiger partial charge in [-0.05, 0) is 44.0 Å². The molecule has 1 unspecified atom stereocenters. The Hall–Kier alpha value is -1.40. The zero-order chi connectivity index (χ0) is 15.5. The highest BCUT2D eigenvalue weighted by atomic mass is 79.9. The number of carboxylic acid groups (broad SMARTS) is 1. The number of hydrogen-bond donors (Lipinski definition) is 2. The molecular weight excluding hydrogens is 326 g/mol. The molecule has 0 aliphatic rings. The van der Waals surface area contributed by atoms with Gasteiger partial charge in [-0.3, -0.25) is 4.79 Å². The van der Waals surface area contributed by atoms with Crippen LogP contribution in [-0.2, 0) is 9.53 Å². The number of carbonyl (C=O) groups excluding carboxylic acids is 1. The lowest BCUT2D eigenvalue weighted by molar-refractivity contribution is -0.145. The van der Waals surface area contributed by atoms with Crippen LogP contribution in [0.15, 0.2) is 16.6 Å². The molecule has 0 aliphatic heterocycles. The van der Waals surface area contributed by atoms with Crippen LogP contribution in [0.5, 0.6) is 0 Å². The van der Waals surface area contributed by atoms with Crippen LogP contribution in [-0.4, -0.2) is 36.2 Å². The van der Waals surface area contributed by atoms with Gasteiger partial charge in [0.1, 0.15) is 0 Å². The van der Waals surface area contributed by atoms with Crippen molar-refractivity contribution in [2.75, 3.05) is 13.7 Å². The summed E-state index contributed by atoms with van der Waals surface area (Å²) in [6.45, 7) is 4.97. The topological polar surface area (TPSA) is 75.6 Å². The molecule has 0 heterocycles. The van der Waals surface area contributed by atoms with Crippen LogP contribution < -0.4 is 5.32 Å². The summed E-state index contributed by atoms with van der Waals surface area (Å²) in [6, 6.07) is 3.56. The average molecular weight is 344 g/mol. The van der Waals surface area contributed by atoms with E-state index in [-0.39, 0.29) is 6.61 Å². The van der Waals surface area contributed by atoms with E-state index in [1.54, 1.807) is 13.0 Å². The van der Waals surface area contributed by atoms with Gasteiger partial charge < -0.3 is 15.2 Å². The van der Waals surface area contributed by atoms with Crippen molar-refractivity contribution in [1.29, 1.82) is 0 Å². The maximum atomic E-state index is 12.3. The molecule has 1 atom stereocenters. The quantitative estimate of drug-likeness (QED) is 0.859. The molecule has 0 bridgehead atoms. The van der Waals surface area contributed by atoms with Crippen LogP contribution in [0.1, 0.15) is 28.4 Å². The molecule has 0 aromatic heterocycles. The molecule has 0 spiro atoms. The summed E-state index contributed by atoms with van der Waals surface area (Å²) in [7, 11) is 1.39. The first-order chi connectivity index (χ1) is 9.21. The molecular formula is C14H18BrNO4. The second kappa shape index (κ2) is 6.37. The van der Waals surface area contributed by atoms with Crippen molar-refractivity contribution in [3.63, 3.8) is 0 Å². The molecule has 0 saturated heterocycles. The Balaban J connectivity index is 3.07. The molecule has 1 aromatic rings. The number of ether oxygens (including phenoxy) is 1. The highest BCUT2D eigenvalue weighted by Gasteiger charge is 2.35. The Morgan fingerprint density at radius 3 is 2.45 bits per heavy atom. The van der Waals surface area contributed by atoms with Crippen molar-refractivity contribution in [1.82, 2.24) is 5.32 Å². The Morgan fingerprint density at radius 2 is 1.95 bits per heavy atom. The van der Waals surface area contributed by atoms with Gasteiger partial charge in [-0.15, -0.1) is 0 Å². The highest BCUT2D eigenvalue weighted by Crippen LogP contribution is 2.21. The third-order valence-corrected chi connectivity index (χ3v) is 3.90. The van der Waals surface area contributed by atoms with Crippen molar-refractivity contribution in [2.45, 2.75) is 26.3 Å². The minimum atomic E-state index is -1.46.